The normalized spacial score (nSPS) is 11.4. The van der Waals surface area contributed by atoms with Gasteiger partial charge in [-0.05, 0) is 12.8 Å². The van der Waals surface area contributed by atoms with Gasteiger partial charge in [0.1, 0.15) is 0 Å². The quantitative estimate of drug-likeness (QED) is 0.405. The largest absolute Gasteiger partial charge is 0.479 e. The van der Waals surface area contributed by atoms with E-state index in [9.17, 15) is 14.7 Å². The van der Waals surface area contributed by atoms with Crippen LogP contribution in [0.15, 0.2) is 0 Å². The minimum absolute atomic E-state index is 0.231. The van der Waals surface area contributed by atoms with Crippen molar-refractivity contribution in [3.8, 4) is 0 Å². The lowest BCUT2D eigenvalue weighted by Gasteiger charge is -2.17. The molecule has 0 aromatic rings. The van der Waals surface area contributed by atoms with Gasteiger partial charge in [0.15, 0.2) is 0 Å². The number of hydrogen-bond acceptors (Lipinski definition) is 3. The first-order valence-corrected chi connectivity index (χ1v) is 6.14. The Balaban J connectivity index is 3.78. The van der Waals surface area contributed by atoms with Crippen molar-refractivity contribution in [1.82, 2.24) is 0 Å². The van der Waals surface area contributed by atoms with Gasteiger partial charge in [-0.3, -0.25) is 0 Å². The molecule has 0 aromatic heterocycles. The molecule has 0 unspecified atom stereocenters. The molecule has 0 saturated carbocycles. The van der Waals surface area contributed by atoms with E-state index in [2.05, 4.69) is 6.92 Å². The van der Waals surface area contributed by atoms with Crippen LogP contribution in [-0.2, 0) is 9.59 Å². The molecule has 3 N–H and O–H groups in total. The number of carboxylic acids is 2. The molecule has 0 atom stereocenters. The molecule has 0 bridgehead atoms. The Morgan fingerprint density at radius 2 is 1.29 bits per heavy atom. The summed E-state index contributed by atoms with van der Waals surface area (Å²) in [5.41, 5.74) is -2.62. The molecule has 0 amide bonds. The molecule has 5 nitrogen and oxygen atoms in total. The van der Waals surface area contributed by atoms with Crippen LogP contribution in [0.2, 0.25) is 0 Å². The summed E-state index contributed by atoms with van der Waals surface area (Å²) in [7, 11) is 0. The Kier molecular flexibility index (Phi) is 7.54. The van der Waals surface area contributed by atoms with Crippen LogP contribution in [0.1, 0.15) is 58.3 Å². The van der Waals surface area contributed by atoms with Crippen LogP contribution in [0, 0.1) is 0 Å². The summed E-state index contributed by atoms with van der Waals surface area (Å²) in [6, 6.07) is 0. The Morgan fingerprint density at radius 1 is 0.882 bits per heavy atom. The molecule has 0 aromatic carbocycles. The summed E-state index contributed by atoms with van der Waals surface area (Å²) in [6.45, 7) is 2.12. The first-order valence-electron chi connectivity index (χ1n) is 6.14. The van der Waals surface area contributed by atoms with Crippen molar-refractivity contribution >= 4 is 11.9 Å². The van der Waals surface area contributed by atoms with E-state index in [1.807, 2.05) is 0 Å². The third-order valence-corrected chi connectivity index (χ3v) is 2.85. The number of aliphatic carboxylic acids is 2. The van der Waals surface area contributed by atoms with Gasteiger partial charge in [-0.2, -0.15) is 0 Å². The summed E-state index contributed by atoms with van der Waals surface area (Å²) in [4.78, 5) is 21.3. The minimum atomic E-state index is -2.62. The van der Waals surface area contributed by atoms with Crippen molar-refractivity contribution in [2.45, 2.75) is 63.9 Å². The van der Waals surface area contributed by atoms with Gasteiger partial charge in [0.2, 0.25) is 0 Å². The second kappa shape index (κ2) is 8.06. The summed E-state index contributed by atoms with van der Waals surface area (Å²) in [6.07, 6.45) is 6.48. The highest BCUT2D eigenvalue weighted by Crippen LogP contribution is 2.17. The van der Waals surface area contributed by atoms with Crippen LogP contribution in [0.5, 0.6) is 0 Å². The molecule has 0 aliphatic rings. The molecule has 0 rings (SSSR count). The van der Waals surface area contributed by atoms with Crippen LogP contribution in [-0.4, -0.2) is 32.9 Å². The van der Waals surface area contributed by atoms with Gasteiger partial charge in [0.05, 0.1) is 0 Å². The Bertz CT molecular complexity index is 235. The second-order valence-corrected chi connectivity index (χ2v) is 4.34. The van der Waals surface area contributed by atoms with Crippen molar-refractivity contribution in [3.05, 3.63) is 0 Å². The molecule has 0 radical (unpaired) electrons. The molecule has 0 aliphatic carbocycles. The van der Waals surface area contributed by atoms with E-state index < -0.39 is 17.5 Å². The van der Waals surface area contributed by atoms with E-state index in [0.29, 0.717) is 6.42 Å². The summed E-state index contributed by atoms with van der Waals surface area (Å²) >= 11 is 0. The average Bonchev–Trinajstić information content (AvgIpc) is 2.27. The van der Waals surface area contributed by atoms with Gasteiger partial charge in [-0.15, -0.1) is 0 Å². The zero-order valence-corrected chi connectivity index (χ0v) is 10.3. The van der Waals surface area contributed by atoms with Gasteiger partial charge in [-0.25, -0.2) is 9.59 Å². The van der Waals surface area contributed by atoms with Crippen LogP contribution in [0.4, 0.5) is 0 Å². The molecular weight excluding hydrogens is 224 g/mol. The number of aliphatic hydroxyl groups is 1. The Hall–Kier alpha value is -1.10. The van der Waals surface area contributed by atoms with Gasteiger partial charge >= 0.3 is 11.9 Å². The van der Waals surface area contributed by atoms with Crippen molar-refractivity contribution in [3.63, 3.8) is 0 Å². The first-order chi connectivity index (χ1) is 7.95. The number of rotatable bonds is 10. The molecule has 0 aliphatic heterocycles. The Labute approximate surface area is 101 Å². The van der Waals surface area contributed by atoms with Crippen LogP contribution in [0.3, 0.4) is 0 Å². The van der Waals surface area contributed by atoms with E-state index in [1.54, 1.807) is 0 Å². The lowest BCUT2D eigenvalue weighted by Crippen LogP contribution is -2.46. The molecule has 17 heavy (non-hydrogen) atoms. The maximum absolute atomic E-state index is 10.6. The SMILES string of the molecule is CCCCCCCCCC(O)(C(=O)O)C(=O)O. The number of carboxylic acid groups (broad SMARTS) is 2. The Morgan fingerprint density at radius 3 is 1.71 bits per heavy atom. The molecule has 0 spiro atoms. The monoisotopic (exact) mass is 246 g/mol. The fourth-order valence-corrected chi connectivity index (χ4v) is 1.64. The van der Waals surface area contributed by atoms with E-state index in [0.717, 1.165) is 32.1 Å². The van der Waals surface area contributed by atoms with Crippen LogP contribution in [0.25, 0.3) is 0 Å². The molecular formula is C12H22O5. The minimum Gasteiger partial charge on any atom is -0.479 e. The zero-order valence-electron chi connectivity index (χ0n) is 10.3. The molecule has 5 heteroatoms. The standard InChI is InChI=1S/C12H22O5/c1-2-3-4-5-6-7-8-9-12(17,10(13)14)11(15)16/h17H,2-9H2,1H3,(H,13,14)(H,15,16). The van der Waals surface area contributed by atoms with Crippen molar-refractivity contribution in [2.24, 2.45) is 0 Å². The predicted octanol–water partition coefficient (Wildman–Crippen LogP) is 2.03. The summed E-state index contributed by atoms with van der Waals surface area (Å²) in [5, 5.41) is 26.7. The third kappa shape index (κ3) is 5.68. The van der Waals surface area contributed by atoms with Gasteiger partial charge in [0.25, 0.3) is 5.60 Å². The molecule has 0 saturated heterocycles. The fraction of sp³-hybridized carbons (Fsp3) is 0.833. The predicted molar refractivity (Wildman–Crippen MR) is 62.8 cm³/mol. The third-order valence-electron chi connectivity index (χ3n) is 2.85. The summed E-state index contributed by atoms with van der Waals surface area (Å²) < 4.78 is 0. The van der Waals surface area contributed by atoms with E-state index in [-0.39, 0.29) is 6.42 Å². The first kappa shape index (κ1) is 15.9. The van der Waals surface area contributed by atoms with E-state index >= 15 is 0 Å². The van der Waals surface area contributed by atoms with Crippen molar-refractivity contribution in [2.75, 3.05) is 0 Å². The second-order valence-electron chi connectivity index (χ2n) is 4.34. The maximum atomic E-state index is 10.6. The summed E-state index contributed by atoms with van der Waals surface area (Å²) in [5.74, 6) is -3.37. The fourth-order valence-electron chi connectivity index (χ4n) is 1.64. The van der Waals surface area contributed by atoms with Crippen molar-refractivity contribution in [1.29, 1.82) is 0 Å². The topological polar surface area (TPSA) is 94.8 Å². The highest BCUT2D eigenvalue weighted by molar-refractivity contribution is 6.01. The maximum Gasteiger partial charge on any atom is 0.347 e. The molecule has 100 valence electrons. The highest BCUT2D eigenvalue weighted by Gasteiger charge is 2.43. The van der Waals surface area contributed by atoms with Crippen LogP contribution < -0.4 is 0 Å². The van der Waals surface area contributed by atoms with E-state index in [1.165, 1.54) is 6.42 Å². The highest BCUT2D eigenvalue weighted by atomic mass is 16.4. The molecule has 0 heterocycles. The molecule has 0 fully saturated rings. The van der Waals surface area contributed by atoms with Crippen LogP contribution >= 0.6 is 0 Å². The van der Waals surface area contributed by atoms with Gasteiger partial charge < -0.3 is 15.3 Å². The number of hydrogen-bond donors (Lipinski definition) is 3. The number of carbonyl (C=O) groups is 2. The number of unbranched alkanes of at least 4 members (excludes halogenated alkanes) is 6. The van der Waals surface area contributed by atoms with Gasteiger partial charge in [0, 0.05) is 0 Å². The lowest BCUT2D eigenvalue weighted by molar-refractivity contribution is -0.176. The smallest absolute Gasteiger partial charge is 0.347 e. The van der Waals surface area contributed by atoms with Gasteiger partial charge in [-0.1, -0.05) is 45.4 Å². The van der Waals surface area contributed by atoms with Crippen molar-refractivity contribution < 1.29 is 24.9 Å². The zero-order chi connectivity index (χ0) is 13.3. The lowest BCUT2D eigenvalue weighted by atomic mass is 9.96. The van der Waals surface area contributed by atoms with E-state index in [4.69, 9.17) is 10.2 Å². The average molecular weight is 246 g/mol.